The monoisotopic (exact) mass is 327 g/mol. The van der Waals surface area contributed by atoms with Crippen LogP contribution < -0.4 is 5.32 Å². The van der Waals surface area contributed by atoms with Crippen molar-refractivity contribution in [2.45, 2.75) is 51.7 Å². The summed E-state index contributed by atoms with van der Waals surface area (Å²) in [6.45, 7) is 7.90. The molecular formula is C19H25N3O2. The first kappa shape index (κ1) is 16.7. The second-order valence-corrected chi connectivity index (χ2v) is 7.31. The topological polar surface area (TPSA) is 56.2 Å². The molecule has 1 fully saturated rings. The van der Waals surface area contributed by atoms with E-state index >= 15 is 0 Å². The van der Waals surface area contributed by atoms with E-state index in [1.807, 2.05) is 6.07 Å². The van der Waals surface area contributed by atoms with Crippen LogP contribution in [0, 0.1) is 0 Å². The molecule has 1 aliphatic rings. The molecule has 0 saturated carbocycles. The largest absolute Gasteiger partial charge is 0.368 e. The zero-order valence-corrected chi connectivity index (χ0v) is 14.6. The van der Waals surface area contributed by atoms with Crippen molar-refractivity contribution in [1.29, 1.82) is 0 Å². The molecule has 1 N–H and O–H groups in total. The number of benzene rings is 1. The Kier molecular flexibility index (Phi) is 4.71. The smallest absolute Gasteiger partial charge is 0.254 e. The molecule has 1 aromatic heterocycles. The molecule has 1 aliphatic heterocycles. The predicted octanol–water partition coefficient (Wildman–Crippen LogP) is 3.35. The van der Waals surface area contributed by atoms with Crippen molar-refractivity contribution in [2.24, 2.45) is 0 Å². The molecule has 1 aromatic carbocycles. The molecule has 0 aliphatic carbocycles. The number of ether oxygens (including phenoxy) is 1. The maximum absolute atomic E-state index is 12.2. The van der Waals surface area contributed by atoms with Crippen LogP contribution in [0.1, 0.15) is 44.7 Å². The van der Waals surface area contributed by atoms with Crippen molar-refractivity contribution >= 4 is 11.7 Å². The molecule has 0 radical (unpaired) electrons. The first-order valence-electron chi connectivity index (χ1n) is 8.47. The highest BCUT2D eigenvalue weighted by Crippen LogP contribution is 2.23. The fourth-order valence-corrected chi connectivity index (χ4v) is 2.84. The van der Waals surface area contributed by atoms with Crippen LogP contribution in [-0.4, -0.2) is 28.4 Å². The standard InChI is InChI=1S/C19H25N3O2/c1-19(2,3)15-8-6-14(7-9-15)13-22-17(10-11-20-22)21-18(23)16-5-4-12-24-16/h6-11,16H,4-5,12-13H2,1-3H3,(H,21,23). The summed E-state index contributed by atoms with van der Waals surface area (Å²) in [4.78, 5) is 12.2. The van der Waals surface area contributed by atoms with Crippen LogP contribution in [-0.2, 0) is 21.5 Å². The van der Waals surface area contributed by atoms with Crippen LogP contribution in [0.15, 0.2) is 36.5 Å². The van der Waals surface area contributed by atoms with Gasteiger partial charge < -0.3 is 10.1 Å². The van der Waals surface area contributed by atoms with Crippen LogP contribution in [0.4, 0.5) is 5.82 Å². The van der Waals surface area contributed by atoms with Gasteiger partial charge >= 0.3 is 0 Å². The third-order valence-corrected chi connectivity index (χ3v) is 4.34. The highest BCUT2D eigenvalue weighted by molar-refractivity contribution is 5.93. The fourth-order valence-electron chi connectivity index (χ4n) is 2.84. The predicted molar refractivity (Wildman–Crippen MR) is 94.1 cm³/mol. The summed E-state index contributed by atoms with van der Waals surface area (Å²) in [6, 6.07) is 10.4. The number of aromatic nitrogens is 2. The minimum Gasteiger partial charge on any atom is -0.368 e. The van der Waals surface area contributed by atoms with E-state index in [9.17, 15) is 4.79 Å². The average Bonchev–Trinajstić information content (AvgIpc) is 3.19. The highest BCUT2D eigenvalue weighted by Gasteiger charge is 2.24. The third-order valence-electron chi connectivity index (χ3n) is 4.34. The molecule has 1 atom stereocenters. The Morgan fingerprint density at radius 2 is 2.04 bits per heavy atom. The van der Waals surface area contributed by atoms with E-state index in [1.165, 1.54) is 5.56 Å². The Balaban J connectivity index is 1.68. The molecule has 2 heterocycles. The lowest BCUT2D eigenvalue weighted by molar-refractivity contribution is -0.124. The molecular weight excluding hydrogens is 302 g/mol. The Labute approximate surface area is 143 Å². The summed E-state index contributed by atoms with van der Waals surface area (Å²) in [6.07, 6.45) is 3.10. The van der Waals surface area contributed by atoms with Crippen LogP contribution in [0.5, 0.6) is 0 Å². The van der Waals surface area contributed by atoms with Gasteiger partial charge in [0.15, 0.2) is 0 Å². The van der Waals surface area contributed by atoms with Crippen LogP contribution in [0.25, 0.3) is 0 Å². The van der Waals surface area contributed by atoms with Crippen molar-refractivity contribution in [2.75, 3.05) is 11.9 Å². The second-order valence-electron chi connectivity index (χ2n) is 7.31. The number of amides is 1. The highest BCUT2D eigenvalue weighted by atomic mass is 16.5. The average molecular weight is 327 g/mol. The van der Waals surface area contributed by atoms with Gasteiger partial charge in [-0.15, -0.1) is 0 Å². The first-order valence-corrected chi connectivity index (χ1v) is 8.47. The second kappa shape index (κ2) is 6.77. The van der Waals surface area contributed by atoms with Gasteiger partial charge in [0.05, 0.1) is 12.7 Å². The van der Waals surface area contributed by atoms with Gasteiger partial charge in [0.1, 0.15) is 11.9 Å². The van der Waals surface area contributed by atoms with Crippen molar-refractivity contribution < 1.29 is 9.53 Å². The van der Waals surface area contributed by atoms with E-state index in [4.69, 9.17) is 4.74 Å². The number of hydrogen-bond donors (Lipinski definition) is 1. The molecule has 1 unspecified atom stereocenters. The molecule has 5 nitrogen and oxygen atoms in total. The van der Waals surface area contributed by atoms with Crippen LogP contribution >= 0.6 is 0 Å². The van der Waals surface area contributed by atoms with Gasteiger partial charge in [0, 0.05) is 12.7 Å². The van der Waals surface area contributed by atoms with Gasteiger partial charge in [-0.3, -0.25) is 4.79 Å². The lowest BCUT2D eigenvalue weighted by Gasteiger charge is -2.19. The zero-order valence-electron chi connectivity index (χ0n) is 14.6. The molecule has 0 bridgehead atoms. The van der Waals surface area contributed by atoms with E-state index in [0.717, 1.165) is 18.4 Å². The van der Waals surface area contributed by atoms with E-state index < -0.39 is 0 Å². The van der Waals surface area contributed by atoms with Gasteiger partial charge in [0.2, 0.25) is 0 Å². The minimum atomic E-state index is -0.334. The van der Waals surface area contributed by atoms with Crippen molar-refractivity contribution in [3.05, 3.63) is 47.7 Å². The van der Waals surface area contributed by atoms with Crippen molar-refractivity contribution in [3.8, 4) is 0 Å². The zero-order chi connectivity index (χ0) is 17.2. The normalized spacial score (nSPS) is 17.9. The van der Waals surface area contributed by atoms with Gasteiger partial charge in [-0.2, -0.15) is 5.10 Å². The van der Waals surface area contributed by atoms with Gasteiger partial charge in [-0.25, -0.2) is 4.68 Å². The first-order chi connectivity index (χ1) is 11.4. The summed E-state index contributed by atoms with van der Waals surface area (Å²) in [7, 11) is 0. The third kappa shape index (κ3) is 3.85. The lowest BCUT2D eigenvalue weighted by Crippen LogP contribution is -2.28. The molecule has 5 heteroatoms. The lowest BCUT2D eigenvalue weighted by atomic mass is 9.87. The van der Waals surface area contributed by atoms with E-state index in [2.05, 4.69) is 55.5 Å². The van der Waals surface area contributed by atoms with Crippen LogP contribution in [0.3, 0.4) is 0 Å². The number of carbonyl (C=O) groups excluding carboxylic acids is 1. The Bertz CT molecular complexity index is 692. The molecule has 0 spiro atoms. The number of nitrogens with zero attached hydrogens (tertiary/aromatic N) is 2. The number of rotatable bonds is 4. The van der Waals surface area contributed by atoms with E-state index in [1.54, 1.807) is 10.9 Å². The Hall–Kier alpha value is -2.14. The maximum Gasteiger partial charge on any atom is 0.254 e. The van der Waals surface area contributed by atoms with Crippen molar-refractivity contribution in [1.82, 2.24) is 9.78 Å². The molecule has 1 amide bonds. The van der Waals surface area contributed by atoms with Gasteiger partial charge in [-0.05, 0) is 29.4 Å². The number of hydrogen-bond acceptors (Lipinski definition) is 3. The number of carbonyl (C=O) groups is 1. The molecule has 24 heavy (non-hydrogen) atoms. The quantitative estimate of drug-likeness (QED) is 0.937. The van der Waals surface area contributed by atoms with Gasteiger partial charge in [0.25, 0.3) is 5.91 Å². The van der Waals surface area contributed by atoms with Crippen LogP contribution in [0.2, 0.25) is 0 Å². The SMILES string of the molecule is CC(C)(C)c1ccc(Cn2nccc2NC(=O)C2CCCO2)cc1. The Morgan fingerprint density at radius 3 is 2.67 bits per heavy atom. The summed E-state index contributed by atoms with van der Waals surface area (Å²) >= 11 is 0. The fraction of sp³-hybridized carbons (Fsp3) is 0.474. The number of nitrogens with one attached hydrogen (secondary N) is 1. The number of anilines is 1. The summed E-state index contributed by atoms with van der Waals surface area (Å²) in [5.41, 5.74) is 2.60. The van der Waals surface area contributed by atoms with Crippen molar-refractivity contribution in [3.63, 3.8) is 0 Å². The maximum atomic E-state index is 12.2. The summed E-state index contributed by atoms with van der Waals surface area (Å²) in [5, 5.41) is 7.25. The van der Waals surface area contributed by atoms with E-state index in [0.29, 0.717) is 19.0 Å². The molecule has 1 saturated heterocycles. The minimum absolute atomic E-state index is 0.0858. The summed E-state index contributed by atoms with van der Waals surface area (Å²) < 4.78 is 7.23. The molecule has 128 valence electrons. The summed E-state index contributed by atoms with van der Waals surface area (Å²) in [5.74, 6) is 0.618. The van der Waals surface area contributed by atoms with E-state index in [-0.39, 0.29) is 17.4 Å². The molecule has 3 rings (SSSR count). The van der Waals surface area contributed by atoms with Gasteiger partial charge in [-0.1, -0.05) is 45.0 Å². The Morgan fingerprint density at radius 1 is 1.29 bits per heavy atom. The molecule has 2 aromatic rings.